The summed E-state index contributed by atoms with van der Waals surface area (Å²) in [6.45, 7) is 4.20. The molecule has 0 amide bonds. The molecule has 0 radical (unpaired) electrons. The minimum absolute atomic E-state index is 0.957. The van der Waals surface area contributed by atoms with Gasteiger partial charge in [0, 0.05) is 17.5 Å². The molecule has 0 bridgehead atoms. The van der Waals surface area contributed by atoms with Gasteiger partial charge in [0.25, 0.3) is 0 Å². The monoisotopic (exact) mass is 203 g/mol. The molecule has 2 heteroatoms. The third kappa shape index (κ3) is 2.20. The number of rotatable bonds is 2. The summed E-state index contributed by atoms with van der Waals surface area (Å²) in [7, 11) is 0. The number of thiazole rings is 1. The first-order valence-corrected chi connectivity index (χ1v) is 5.52. The SMILES string of the molecule is Cc1ccc(Cc2ncc(C)s2)cc1. The van der Waals surface area contributed by atoms with E-state index in [1.807, 2.05) is 6.20 Å². The van der Waals surface area contributed by atoms with Crippen molar-refractivity contribution < 1.29 is 0 Å². The molecule has 0 aliphatic heterocycles. The number of aryl methyl sites for hydroxylation is 2. The van der Waals surface area contributed by atoms with Crippen molar-refractivity contribution >= 4 is 11.3 Å². The van der Waals surface area contributed by atoms with Crippen LogP contribution in [0.25, 0.3) is 0 Å². The molecule has 1 aromatic carbocycles. The van der Waals surface area contributed by atoms with Crippen molar-refractivity contribution in [1.29, 1.82) is 0 Å². The average molecular weight is 203 g/mol. The normalized spacial score (nSPS) is 10.4. The predicted octanol–water partition coefficient (Wildman–Crippen LogP) is 3.35. The van der Waals surface area contributed by atoms with E-state index >= 15 is 0 Å². The summed E-state index contributed by atoms with van der Waals surface area (Å²) in [6, 6.07) is 8.64. The summed E-state index contributed by atoms with van der Waals surface area (Å²) in [5.74, 6) is 0. The topological polar surface area (TPSA) is 12.9 Å². The Morgan fingerprint density at radius 3 is 2.43 bits per heavy atom. The summed E-state index contributed by atoms with van der Waals surface area (Å²) in [6.07, 6.45) is 2.90. The fourth-order valence-corrected chi connectivity index (χ4v) is 2.19. The molecular formula is C12H13NS. The van der Waals surface area contributed by atoms with Gasteiger partial charge in [-0.05, 0) is 19.4 Å². The number of nitrogens with zero attached hydrogens (tertiary/aromatic N) is 1. The smallest absolute Gasteiger partial charge is 0.0971 e. The van der Waals surface area contributed by atoms with Gasteiger partial charge in [-0.15, -0.1) is 11.3 Å². The van der Waals surface area contributed by atoms with E-state index < -0.39 is 0 Å². The van der Waals surface area contributed by atoms with Gasteiger partial charge in [-0.25, -0.2) is 4.98 Å². The van der Waals surface area contributed by atoms with Gasteiger partial charge in [0.05, 0.1) is 5.01 Å². The molecule has 0 saturated carbocycles. The Morgan fingerprint density at radius 2 is 1.86 bits per heavy atom. The van der Waals surface area contributed by atoms with Crippen molar-refractivity contribution in [2.75, 3.05) is 0 Å². The van der Waals surface area contributed by atoms with Crippen LogP contribution in [-0.2, 0) is 6.42 Å². The fraction of sp³-hybridized carbons (Fsp3) is 0.250. The van der Waals surface area contributed by atoms with Gasteiger partial charge < -0.3 is 0 Å². The molecule has 1 aromatic heterocycles. The number of aromatic nitrogens is 1. The van der Waals surface area contributed by atoms with Crippen LogP contribution in [0.3, 0.4) is 0 Å². The maximum atomic E-state index is 4.35. The van der Waals surface area contributed by atoms with Crippen molar-refractivity contribution in [1.82, 2.24) is 4.98 Å². The highest BCUT2D eigenvalue weighted by Gasteiger charge is 1.99. The molecule has 2 aromatic rings. The zero-order chi connectivity index (χ0) is 9.97. The lowest BCUT2D eigenvalue weighted by Crippen LogP contribution is -1.86. The van der Waals surface area contributed by atoms with Crippen molar-refractivity contribution in [2.24, 2.45) is 0 Å². The van der Waals surface area contributed by atoms with Gasteiger partial charge in [0.15, 0.2) is 0 Å². The lowest BCUT2D eigenvalue weighted by Gasteiger charge is -1.98. The Kier molecular flexibility index (Phi) is 2.64. The Labute approximate surface area is 88.4 Å². The van der Waals surface area contributed by atoms with Gasteiger partial charge in [0.1, 0.15) is 0 Å². The van der Waals surface area contributed by atoms with Crippen LogP contribution in [0.5, 0.6) is 0 Å². The molecule has 0 aliphatic rings. The van der Waals surface area contributed by atoms with Crippen LogP contribution in [0.15, 0.2) is 30.5 Å². The Bertz CT molecular complexity index is 414. The molecule has 0 aliphatic carbocycles. The number of hydrogen-bond acceptors (Lipinski definition) is 2. The molecule has 1 nitrogen and oxygen atoms in total. The van der Waals surface area contributed by atoms with Crippen LogP contribution in [0.4, 0.5) is 0 Å². The Morgan fingerprint density at radius 1 is 1.14 bits per heavy atom. The lowest BCUT2D eigenvalue weighted by molar-refractivity contribution is 1.13. The molecule has 0 saturated heterocycles. The van der Waals surface area contributed by atoms with E-state index in [4.69, 9.17) is 0 Å². The molecule has 0 N–H and O–H groups in total. The second-order valence-corrected chi connectivity index (χ2v) is 4.85. The number of benzene rings is 1. The van der Waals surface area contributed by atoms with Crippen molar-refractivity contribution in [3.8, 4) is 0 Å². The second-order valence-electron chi connectivity index (χ2n) is 3.53. The molecular weight excluding hydrogens is 190 g/mol. The van der Waals surface area contributed by atoms with Crippen LogP contribution >= 0.6 is 11.3 Å². The van der Waals surface area contributed by atoms with E-state index in [9.17, 15) is 0 Å². The Hall–Kier alpha value is -1.15. The molecule has 2 rings (SSSR count). The lowest BCUT2D eigenvalue weighted by atomic mass is 10.1. The van der Waals surface area contributed by atoms with E-state index in [0.29, 0.717) is 0 Å². The van der Waals surface area contributed by atoms with Crippen LogP contribution in [0.1, 0.15) is 21.0 Å². The van der Waals surface area contributed by atoms with Crippen LogP contribution in [-0.4, -0.2) is 4.98 Å². The summed E-state index contributed by atoms with van der Waals surface area (Å²) >= 11 is 1.78. The summed E-state index contributed by atoms with van der Waals surface area (Å²) in [5.41, 5.74) is 2.65. The molecule has 0 atom stereocenters. The summed E-state index contributed by atoms with van der Waals surface area (Å²) in [5, 5.41) is 1.20. The van der Waals surface area contributed by atoms with E-state index in [-0.39, 0.29) is 0 Å². The molecule has 1 heterocycles. The highest BCUT2D eigenvalue weighted by atomic mass is 32.1. The largest absolute Gasteiger partial charge is 0.249 e. The third-order valence-electron chi connectivity index (χ3n) is 2.15. The third-order valence-corrected chi connectivity index (χ3v) is 3.06. The van der Waals surface area contributed by atoms with E-state index in [1.165, 1.54) is 21.0 Å². The summed E-state index contributed by atoms with van der Waals surface area (Å²) < 4.78 is 0. The molecule has 0 spiro atoms. The minimum Gasteiger partial charge on any atom is -0.249 e. The van der Waals surface area contributed by atoms with Gasteiger partial charge in [0.2, 0.25) is 0 Å². The Balaban J connectivity index is 2.15. The number of hydrogen-bond donors (Lipinski definition) is 0. The maximum absolute atomic E-state index is 4.35. The first-order chi connectivity index (χ1) is 6.74. The first-order valence-electron chi connectivity index (χ1n) is 4.71. The maximum Gasteiger partial charge on any atom is 0.0971 e. The first kappa shape index (κ1) is 9.41. The fourth-order valence-electron chi connectivity index (χ4n) is 1.36. The van der Waals surface area contributed by atoms with Crippen molar-refractivity contribution in [3.63, 3.8) is 0 Å². The van der Waals surface area contributed by atoms with Gasteiger partial charge in [-0.2, -0.15) is 0 Å². The van der Waals surface area contributed by atoms with Crippen molar-refractivity contribution in [2.45, 2.75) is 20.3 Å². The molecule has 14 heavy (non-hydrogen) atoms. The van der Waals surface area contributed by atoms with Gasteiger partial charge in [-0.3, -0.25) is 0 Å². The van der Waals surface area contributed by atoms with E-state index in [2.05, 4.69) is 43.1 Å². The van der Waals surface area contributed by atoms with Gasteiger partial charge in [-0.1, -0.05) is 29.8 Å². The highest BCUT2D eigenvalue weighted by molar-refractivity contribution is 7.11. The summed E-state index contributed by atoms with van der Waals surface area (Å²) in [4.78, 5) is 5.64. The van der Waals surface area contributed by atoms with Crippen LogP contribution in [0.2, 0.25) is 0 Å². The molecule has 0 fully saturated rings. The van der Waals surface area contributed by atoms with Crippen LogP contribution in [0, 0.1) is 13.8 Å². The highest BCUT2D eigenvalue weighted by Crippen LogP contribution is 2.15. The standard InChI is InChI=1S/C12H13NS/c1-9-3-5-11(6-4-9)7-12-13-8-10(2)14-12/h3-6,8H,7H2,1-2H3. The van der Waals surface area contributed by atoms with E-state index in [0.717, 1.165) is 6.42 Å². The quantitative estimate of drug-likeness (QED) is 0.729. The zero-order valence-corrected chi connectivity index (χ0v) is 9.27. The minimum atomic E-state index is 0.957. The molecule has 72 valence electrons. The van der Waals surface area contributed by atoms with Gasteiger partial charge >= 0.3 is 0 Å². The average Bonchev–Trinajstić information content (AvgIpc) is 2.56. The van der Waals surface area contributed by atoms with Crippen LogP contribution < -0.4 is 0 Å². The van der Waals surface area contributed by atoms with E-state index in [1.54, 1.807) is 11.3 Å². The van der Waals surface area contributed by atoms with Crippen molar-refractivity contribution in [3.05, 3.63) is 51.5 Å². The zero-order valence-electron chi connectivity index (χ0n) is 8.45. The molecule has 0 unspecified atom stereocenters. The second kappa shape index (κ2) is 3.93. The predicted molar refractivity (Wildman–Crippen MR) is 60.8 cm³/mol.